The first-order valence-corrected chi connectivity index (χ1v) is 10.3. The first-order chi connectivity index (χ1) is 13.1. The highest BCUT2D eigenvalue weighted by molar-refractivity contribution is 7.99. The number of carbonyl (C=O) groups is 2. The summed E-state index contributed by atoms with van der Waals surface area (Å²) in [5.74, 6) is -0.0767. The lowest BCUT2D eigenvalue weighted by atomic mass is 10.1. The van der Waals surface area contributed by atoms with Crippen molar-refractivity contribution in [2.24, 2.45) is 0 Å². The van der Waals surface area contributed by atoms with Gasteiger partial charge in [-0.15, -0.1) is 10.2 Å². The van der Waals surface area contributed by atoms with E-state index in [4.69, 9.17) is 16.3 Å². The van der Waals surface area contributed by atoms with Crippen molar-refractivity contribution in [1.82, 2.24) is 20.1 Å². The van der Waals surface area contributed by atoms with E-state index in [1.165, 1.54) is 11.8 Å². The van der Waals surface area contributed by atoms with E-state index in [1.807, 2.05) is 44.4 Å². The number of carbonyl (C=O) groups excluding carboxylic acids is 2. The molecule has 0 bridgehead atoms. The molecule has 1 N–H and O–H groups in total. The number of halogens is 1. The van der Waals surface area contributed by atoms with E-state index < -0.39 is 12.1 Å². The van der Waals surface area contributed by atoms with E-state index in [-0.39, 0.29) is 17.2 Å². The Morgan fingerprint density at radius 3 is 2.46 bits per heavy atom. The molecule has 0 saturated heterocycles. The number of amides is 1. The van der Waals surface area contributed by atoms with Crippen molar-refractivity contribution in [3.05, 3.63) is 29.3 Å². The van der Waals surface area contributed by atoms with E-state index >= 15 is 0 Å². The van der Waals surface area contributed by atoms with Gasteiger partial charge in [-0.2, -0.15) is 0 Å². The fourth-order valence-corrected chi connectivity index (χ4v) is 3.28. The predicted octanol–water partition coefficient (Wildman–Crippen LogP) is 3.56. The smallest absolute Gasteiger partial charge is 0.317 e. The summed E-state index contributed by atoms with van der Waals surface area (Å²) in [4.78, 5) is 24.1. The predicted molar refractivity (Wildman–Crippen MR) is 110 cm³/mol. The average molecular weight is 425 g/mol. The van der Waals surface area contributed by atoms with Crippen LogP contribution in [0.2, 0.25) is 5.02 Å². The van der Waals surface area contributed by atoms with E-state index in [0.717, 1.165) is 5.56 Å². The molecule has 0 aliphatic carbocycles. The van der Waals surface area contributed by atoms with Gasteiger partial charge in [0.25, 0.3) is 5.91 Å². The van der Waals surface area contributed by atoms with Crippen LogP contribution in [0.25, 0.3) is 11.4 Å². The van der Waals surface area contributed by atoms with Crippen molar-refractivity contribution in [2.75, 3.05) is 5.75 Å². The molecule has 1 aromatic carbocycles. The Hall–Kier alpha value is -2.06. The molecule has 0 radical (unpaired) electrons. The number of aromatic nitrogens is 3. The zero-order chi connectivity index (χ0) is 20.9. The van der Waals surface area contributed by atoms with Crippen LogP contribution in [0.4, 0.5) is 0 Å². The summed E-state index contributed by atoms with van der Waals surface area (Å²) in [5, 5.41) is 12.4. The molecule has 0 fully saturated rings. The van der Waals surface area contributed by atoms with Crippen LogP contribution in [-0.4, -0.2) is 44.0 Å². The normalized spacial score (nSPS) is 12.5. The average Bonchev–Trinajstić information content (AvgIpc) is 3.02. The molecule has 0 unspecified atom stereocenters. The maximum Gasteiger partial charge on any atom is 0.317 e. The van der Waals surface area contributed by atoms with Gasteiger partial charge in [0.2, 0.25) is 0 Å². The van der Waals surface area contributed by atoms with E-state index in [1.54, 1.807) is 19.1 Å². The van der Waals surface area contributed by atoms with E-state index in [9.17, 15) is 9.59 Å². The number of ether oxygens (including phenoxy) is 1. The van der Waals surface area contributed by atoms with Gasteiger partial charge < -0.3 is 14.6 Å². The molecule has 9 heteroatoms. The fraction of sp³-hybridized carbons (Fsp3) is 0.474. The summed E-state index contributed by atoms with van der Waals surface area (Å²) in [6.07, 6.45) is -0.860. The van der Waals surface area contributed by atoms with Gasteiger partial charge in [0.05, 0.1) is 5.75 Å². The molecule has 1 aromatic heterocycles. The summed E-state index contributed by atoms with van der Waals surface area (Å²) >= 11 is 7.16. The second kappa shape index (κ2) is 9.43. The van der Waals surface area contributed by atoms with Gasteiger partial charge in [-0.3, -0.25) is 9.59 Å². The second-order valence-corrected chi connectivity index (χ2v) is 8.60. The number of hydrogen-bond acceptors (Lipinski definition) is 6. The third kappa shape index (κ3) is 6.24. The molecule has 152 valence electrons. The quantitative estimate of drug-likeness (QED) is 0.540. The number of nitrogens with one attached hydrogen (secondary N) is 1. The van der Waals surface area contributed by atoms with Crippen LogP contribution in [0.15, 0.2) is 29.4 Å². The Morgan fingerprint density at radius 2 is 1.89 bits per heavy atom. The van der Waals surface area contributed by atoms with Gasteiger partial charge in [0, 0.05) is 22.7 Å². The minimum Gasteiger partial charge on any atom is -0.452 e. The van der Waals surface area contributed by atoms with E-state index in [0.29, 0.717) is 22.5 Å². The Kier molecular flexibility index (Phi) is 7.48. The summed E-state index contributed by atoms with van der Waals surface area (Å²) in [6.45, 7) is 9.77. The first kappa shape index (κ1) is 22.2. The minimum absolute atomic E-state index is 0.0336. The topological polar surface area (TPSA) is 86.1 Å². The van der Waals surface area contributed by atoms with Crippen LogP contribution in [-0.2, 0) is 20.9 Å². The number of benzene rings is 1. The second-order valence-electron chi connectivity index (χ2n) is 7.22. The highest BCUT2D eigenvalue weighted by Crippen LogP contribution is 2.25. The third-order valence-corrected chi connectivity index (χ3v) is 4.82. The van der Waals surface area contributed by atoms with Gasteiger partial charge in [-0.25, -0.2) is 0 Å². The van der Waals surface area contributed by atoms with Crippen molar-refractivity contribution >= 4 is 35.2 Å². The van der Waals surface area contributed by atoms with Gasteiger partial charge in [-0.05, 0) is 58.9 Å². The van der Waals surface area contributed by atoms with Crippen LogP contribution in [0.3, 0.4) is 0 Å². The molecule has 1 atom stereocenters. The Morgan fingerprint density at radius 1 is 1.25 bits per heavy atom. The SMILES string of the molecule is CCn1c(SCC(=O)O[C@H](C)C(=O)NC(C)(C)C)nnc1-c1ccc(Cl)cc1. The monoisotopic (exact) mass is 424 g/mol. The van der Waals surface area contributed by atoms with Gasteiger partial charge >= 0.3 is 5.97 Å². The van der Waals surface area contributed by atoms with Crippen LogP contribution in [0.1, 0.15) is 34.6 Å². The minimum atomic E-state index is -0.860. The summed E-state index contributed by atoms with van der Waals surface area (Å²) in [7, 11) is 0. The molecule has 0 aliphatic rings. The third-order valence-electron chi connectivity index (χ3n) is 3.63. The zero-order valence-electron chi connectivity index (χ0n) is 16.7. The highest BCUT2D eigenvalue weighted by atomic mass is 35.5. The molecular weight excluding hydrogens is 400 g/mol. The number of rotatable bonds is 7. The molecule has 0 spiro atoms. The number of thioether (sulfide) groups is 1. The molecule has 1 amide bonds. The molecule has 2 aromatic rings. The maximum atomic E-state index is 12.1. The molecule has 28 heavy (non-hydrogen) atoms. The fourth-order valence-electron chi connectivity index (χ4n) is 2.37. The lowest BCUT2D eigenvalue weighted by molar-refractivity contribution is -0.152. The van der Waals surface area contributed by atoms with Crippen LogP contribution in [0, 0.1) is 0 Å². The van der Waals surface area contributed by atoms with Crippen LogP contribution < -0.4 is 5.32 Å². The van der Waals surface area contributed by atoms with Crippen molar-refractivity contribution < 1.29 is 14.3 Å². The van der Waals surface area contributed by atoms with Crippen LogP contribution in [0.5, 0.6) is 0 Å². The van der Waals surface area contributed by atoms with Crippen molar-refractivity contribution in [3.8, 4) is 11.4 Å². The molecule has 0 saturated carbocycles. The first-order valence-electron chi connectivity index (χ1n) is 8.94. The molecule has 1 heterocycles. The standard InChI is InChI=1S/C19H25ClN4O3S/c1-6-24-16(13-7-9-14(20)10-8-13)22-23-18(24)28-11-15(25)27-12(2)17(26)21-19(3,4)5/h7-10,12H,6,11H2,1-5H3,(H,21,26)/t12-/m1/s1. The Bertz CT molecular complexity index is 831. The highest BCUT2D eigenvalue weighted by Gasteiger charge is 2.23. The maximum absolute atomic E-state index is 12.1. The van der Waals surface area contributed by atoms with Crippen molar-refractivity contribution in [1.29, 1.82) is 0 Å². The number of esters is 1. The summed E-state index contributed by atoms with van der Waals surface area (Å²) in [5.41, 5.74) is 0.503. The van der Waals surface area contributed by atoms with E-state index in [2.05, 4.69) is 15.5 Å². The van der Waals surface area contributed by atoms with Crippen molar-refractivity contribution in [3.63, 3.8) is 0 Å². The van der Waals surface area contributed by atoms with Crippen molar-refractivity contribution in [2.45, 2.75) is 58.0 Å². The zero-order valence-corrected chi connectivity index (χ0v) is 18.2. The molecule has 7 nitrogen and oxygen atoms in total. The number of nitrogens with zero attached hydrogens (tertiary/aromatic N) is 3. The molecular formula is C19H25ClN4O3S. The van der Waals surface area contributed by atoms with Gasteiger partial charge in [0.1, 0.15) is 0 Å². The lowest BCUT2D eigenvalue weighted by Crippen LogP contribution is -2.46. The Balaban J connectivity index is 1.98. The molecule has 2 rings (SSSR count). The number of hydrogen-bond donors (Lipinski definition) is 1. The Labute approximate surface area is 174 Å². The summed E-state index contributed by atoms with van der Waals surface area (Å²) < 4.78 is 7.13. The van der Waals surface area contributed by atoms with Gasteiger partial charge in [0.15, 0.2) is 17.1 Å². The van der Waals surface area contributed by atoms with Gasteiger partial charge in [-0.1, -0.05) is 23.4 Å². The van der Waals surface area contributed by atoms with Crippen LogP contribution >= 0.6 is 23.4 Å². The molecule has 0 aliphatic heterocycles. The lowest BCUT2D eigenvalue weighted by Gasteiger charge is -2.23. The summed E-state index contributed by atoms with van der Waals surface area (Å²) in [6, 6.07) is 7.33. The largest absolute Gasteiger partial charge is 0.452 e.